The Morgan fingerprint density at radius 2 is 1.88 bits per heavy atom. The van der Waals surface area contributed by atoms with Gasteiger partial charge in [-0.05, 0) is 47.5 Å². The summed E-state index contributed by atoms with van der Waals surface area (Å²) < 4.78 is 34.1. The molecule has 0 unspecified atom stereocenters. The molecule has 1 N–H and O–H groups in total. The highest BCUT2D eigenvalue weighted by atomic mass is 32.2. The molecule has 0 atom stereocenters. The maximum absolute atomic E-state index is 11.9. The molecule has 1 aromatic rings. The number of hydrogen-bond donors (Lipinski definition) is 1. The molecule has 0 fully saturated rings. The number of carbonyl (C=O) groups excluding carboxylic acids is 1. The van der Waals surface area contributed by atoms with Crippen LogP contribution in [0.15, 0.2) is 9.64 Å². The van der Waals surface area contributed by atoms with Crippen LogP contribution in [0.25, 0.3) is 0 Å². The fourth-order valence-electron chi connectivity index (χ4n) is 1.74. The highest BCUT2D eigenvalue weighted by Crippen LogP contribution is 2.15. The average molecular weight is 361 g/mol. The van der Waals surface area contributed by atoms with E-state index in [2.05, 4.69) is 15.5 Å². The SMILES string of the molecule is CC(C)S(=O)(=O)c1nnc(CCCCCNC(=O)OC(C)(C)C)o1. The van der Waals surface area contributed by atoms with Crippen LogP contribution in [0.5, 0.6) is 0 Å². The van der Waals surface area contributed by atoms with Gasteiger partial charge in [0.05, 0.1) is 5.25 Å². The Bertz CT molecular complexity index is 632. The predicted molar refractivity (Wildman–Crippen MR) is 88.4 cm³/mol. The van der Waals surface area contributed by atoms with Crippen LogP contribution in [0.2, 0.25) is 0 Å². The molecule has 24 heavy (non-hydrogen) atoms. The lowest BCUT2D eigenvalue weighted by molar-refractivity contribution is 0.0527. The smallest absolute Gasteiger partial charge is 0.407 e. The number of nitrogens with one attached hydrogen (secondary N) is 1. The Morgan fingerprint density at radius 1 is 1.21 bits per heavy atom. The Morgan fingerprint density at radius 3 is 2.46 bits per heavy atom. The molecule has 8 nitrogen and oxygen atoms in total. The summed E-state index contributed by atoms with van der Waals surface area (Å²) in [6.07, 6.45) is 2.46. The molecule has 0 bridgehead atoms. The van der Waals surface area contributed by atoms with E-state index in [0.29, 0.717) is 18.9 Å². The van der Waals surface area contributed by atoms with Gasteiger partial charge in [0.1, 0.15) is 5.60 Å². The normalized spacial score (nSPS) is 12.4. The molecule has 1 heterocycles. The molecule has 0 spiro atoms. The van der Waals surface area contributed by atoms with Gasteiger partial charge in [0.2, 0.25) is 15.7 Å². The molecule has 0 aromatic carbocycles. The fourth-order valence-corrected chi connectivity index (χ4v) is 2.51. The first-order valence-electron chi connectivity index (χ1n) is 8.05. The minimum atomic E-state index is -3.52. The molecule has 1 amide bonds. The fraction of sp³-hybridized carbons (Fsp3) is 0.800. The third-order valence-electron chi connectivity index (χ3n) is 3.05. The Kier molecular flexibility index (Phi) is 7.19. The van der Waals surface area contributed by atoms with Crippen molar-refractivity contribution in [3.63, 3.8) is 0 Å². The molecule has 9 heteroatoms. The van der Waals surface area contributed by atoms with Gasteiger partial charge in [0.15, 0.2) is 0 Å². The van der Waals surface area contributed by atoms with E-state index in [9.17, 15) is 13.2 Å². The van der Waals surface area contributed by atoms with E-state index in [-0.39, 0.29) is 5.22 Å². The molecule has 1 aromatic heterocycles. The number of aryl methyl sites for hydroxylation is 1. The first-order chi connectivity index (χ1) is 11.0. The van der Waals surface area contributed by atoms with Crippen molar-refractivity contribution in [3.8, 4) is 0 Å². The number of aromatic nitrogens is 2. The molecule has 0 radical (unpaired) electrons. The lowest BCUT2D eigenvalue weighted by atomic mass is 10.2. The molecule has 1 rings (SSSR count). The summed E-state index contributed by atoms with van der Waals surface area (Å²) in [7, 11) is -3.52. The minimum absolute atomic E-state index is 0.314. The second-order valence-corrected chi connectivity index (χ2v) is 9.18. The van der Waals surface area contributed by atoms with E-state index < -0.39 is 26.8 Å². The molecule has 0 saturated heterocycles. The van der Waals surface area contributed by atoms with Crippen LogP contribution < -0.4 is 5.32 Å². The Hall–Kier alpha value is -1.64. The average Bonchev–Trinajstić information content (AvgIpc) is 2.90. The number of carbonyl (C=O) groups is 1. The quantitative estimate of drug-likeness (QED) is 0.708. The van der Waals surface area contributed by atoms with Gasteiger partial charge in [-0.25, -0.2) is 13.2 Å². The number of alkyl carbamates (subject to hydrolysis) is 1. The molecule has 0 aliphatic rings. The van der Waals surface area contributed by atoms with Crippen molar-refractivity contribution in [3.05, 3.63) is 5.89 Å². The van der Waals surface area contributed by atoms with Crippen LogP contribution in [0.3, 0.4) is 0 Å². The summed E-state index contributed by atoms with van der Waals surface area (Å²) in [6, 6.07) is 0. The summed E-state index contributed by atoms with van der Waals surface area (Å²) in [6.45, 7) is 9.08. The number of amides is 1. The van der Waals surface area contributed by atoms with Gasteiger partial charge in [-0.3, -0.25) is 0 Å². The van der Waals surface area contributed by atoms with Crippen molar-refractivity contribution in [1.29, 1.82) is 0 Å². The van der Waals surface area contributed by atoms with Crippen LogP contribution in [0.4, 0.5) is 4.79 Å². The molecule has 0 aliphatic heterocycles. The van der Waals surface area contributed by atoms with E-state index in [4.69, 9.17) is 9.15 Å². The zero-order valence-electron chi connectivity index (χ0n) is 15.0. The van der Waals surface area contributed by atoms with Crippen molar-refractivity contribution >= 4 is 15.9 Å². The summed E-state index contributed by atoms with van der Waals surface area (Å²) >= 11 is 0. The molecule has 0 saturated carbocycles. The standard InChI is InChI=1S/C15H27N3O5S/c1-11(2)24(20,21)14-18-17-12(22-14)9-7-6-8-10-16-13(19)23-15(3,4)5/h11H,6-10H2,1-5H3,(H,16,19). The molecule has 0 aliphatic carbocycles. The summed E-state index contributed by atoms with van der Waals surface area (Å²) in [4.78, 5) is 11.4. The van der Waals surface area contributed by atoms with Crippen LogP contribution in [-0.4, -0.2) is 42.1 Å². The first kappa shape index (κ1) is 20.4. The minimum Gasteiger partial charge on any atom is -0.444 e. The maximum Gasteiger partial charge on any atom is 0.407 e. The highest BCUT2D eigenvalue weighted by Gasteiger charge is 2.26. The largest absolute Gasteiger partial charge is 0.444 e. The monoisotopic (exact) mass is 361 g/mol. The van der Waals surface area contributed by atoms with E-state index in [1.54, 1.807) is 13.8 Å². The van der Waals surface area contributed by atoms with Gasteiger partial charge in [0, 0.05) is 13.0 Å². The lowest BCUT2D eigenvalue weighted by Crippen LogP contribution is -2.32. The van der Waals surface area contributed by atoms with Crippen LogP contribution in [0.1, 0.15) is 59.8 Å². The van der Waals surface area contributed by atoms with E-state index in [0.717, 1.165) is 19.3 Å². The van der Waals surface area contributed by atoms with E-state index in [1.807, 2.05) is 20.8 Å². The van der Waals surface area contributed by atoms with Crippen LogP contribution >= 0.6 is 0 Å². The lowest BCUT2D eigenvalue weighted by Gasteiger charge is -2.19. The van der Waals surface area contributed by atoms with Crippen molar-refractivity contribution in [2.45, 2.75) is 76.4 Å². The van der Waals surface area contributed by atoms with Crippen LogP contribution in [0, 0.1) is 0 Å². The third kappa shape index (κ3) is 6.86. The van der Waals surface area contributed by atoms with Crippen molar-refractivity contribution in [2.75, 3.05) is 6.54 Å². The van der Waals surface area contributed by atoms with Crippen molar-refractivity contribution in [2.24, 2.45) is 0 Å². The van der Waals surface area contributed by atoms with E-state index >= 15 is 0 Å². The van der Waals surface area contributed by atoms with Crippen molar-refractivity contribution < 1.29 is 22.4 Å². The topological polar surface area (TPSA) is 111 Å². The Labute approximate surface area is 143 Å². The van der Waals surface area contributed by atoms with Gasteiger partial charge >= 0.3 is 11.3 Å². The summed E-state index contributed by atoms with van der Waals surface area (Å²) in [5.74, 6) is 0.314. The molecule has 138 valence electrons. The second-order valence-electron chi connectivity index (χ2n) is 6.79. The number of rotatable bonds is 8. The van der Waals surface area contributed by atoms with E-state index in [1.165, 1.54) is 0 Å². The summed E-state index contributed by atoms with van der Waals surface area (Å²) in [5.41, 5.74) is -0.504. The first-order valence-corrected chi connectivity index (χ1v) is 9.60. The summed E-state index contributed by atoms with van der Waals surface area (Å²) in [5, 5.41) is 9.14. The number of hydrogen-bond acceptors (Lipinski definition) is 7. The van der Waals surface area contributed by atoms with Gasteiger partial charge in [-0.2, -0.15) is 0 Å². The second kappa shape index (κ2) is 8.46. The highest BCUT2D eigenvalue weighted by molar-refractivity contribution is 7.91. The predicted octanol–water partition coefficient (Wildman–Crippen LogP) is 2.49. The number of ether oxygens (including phenoxy) is 1. The van der Waals surface area contributed by atoms with Gasteiger partial charge in [0.25, 0.3) is 0 Å². The van der Waals surface area contributed by atoms with Gasteiger partial charge in [-0.15, -0.1) is 5.10 Å². The Balaban J connectivity index is 2.25. The third-order valence-corrected chi connectivity index (χ3v) is 4.94. The molecular formula is C15H27N3O5S. The maximum atomic E-state index is 11.9. The molecular weight excluding hydrogens is 334 g/mol. The zero-order valence-corrected chi connectivity index (χ0v) is 15.8. The van der Waals surface area contributed by atoms with Gasteiger partial charge < -0.3 is 14.5 Å². The number of nitrogens with zero attached hydrogens (tertiary/aromatic N) is 2. The zero-order chi connectivity index (χ0) is 18.4. The van der Waals surface area contributed by atoms with Gasteiger partial charge in [-0.1, -0.05) is 11.5 Å². The number of unbranched alkanes of at least 4 members (excludes halogenated alkanes) is 2. The van der Waals surface area contributed by atoms with Crippen molar-refractivity contribution in [1.82, 2.24) is 15.5 Å². The van der Waals surface area contributed by atoms with Crippen LogP contribution in [-0.2, 0) is 21.0 Å². The number of sulfone groups is 1.